The van der Waals surface area contributed by atoms with Crippen molar-refractivity contribution in [2.75, 3.05) is 20.2 Å². The lowest BCUT2D eigenvalue weighted by atomic mass is 9.94. The van der Waals surface area contributed by atoms with Crippen LogP contribution >= 0.6 is 0 Å². The maximum atomic E-state index is 13.4. The first kappa shape index (κ1) is 20.5. The van der Waals surface area contributed by atoms with Crippen molar-refractivity contribution in [2.45, 2.75) is 82.3 Å². The van der Waals surface area contributed by atoms with Crippen molar-refractivity contribution < 1.29 is 18.7 Å². The Kier molecular flexibility index (Phi) is 7.43. The van der Waals surface area contributed by atoms with E-state index in [1.165, 1.54) is 5.01 Å². The Bertz CT molecular complexity index is 513. The number of hydrogen-bond acceptors (Lipinski definition) is 5. The van der Waals surface area contributed by atoms with E-state index in [0.29, 0.717) is 38.2 Å². The third kappa shape index (κ3) is 6.12. The maximum Gasteiger partial charge on any atom is 0.240 e. The average molecular weight is 384 g/mol. The predicted molar refractivity (Wildman–Crippen MR) is 99.3 cm³/mol. The molecule has 2 saturated heterocycles. The van der Waals surface area contributed by atoms with Crippen molar-refractivity contribution in [3.8, 4) is 0 Å². The predicted octanol–water partition coefficient (Wildman–Crippen LogP) is 1.24. The highest BCUT2D eigenvalue weighted by atomic mass is 19.1. The zero-order chi connectivity index (χ0) is 19.2. The van der Waals surface area contributed by atoms with Crippen LogP contribution in [0.15, 0.2) is 0 Å². The second-order valence-corrected chi connectivity index (χ2v) is 8.13. The number of ether oxygens (including phenoxy) is 1. The molecule has 3 N–H and O–H groups in total. The van der Waals surface area contributed by atoms with E-state index in [1.54, 1.807) is 7.05 Å². The minimum atomic E-state index is -0.693. The molecule has 2 aliphatic heterocycles. The van der Waals surface area contributed by atoms with Gasteiger partial charge in [0.2, 0.25) is 11.8 Å². The van der Waals surface area contributed by atoms with E-state index in [4.69, 9.17) is 4.74 Å². The molecule has 3 fully saturated rings. The van der Waals surface area contributed by atoms with E-state index in [-0.39, 0.29) is 30.1 Å². The fourth-order valence-electron chi connectivity index (χ4n) is 4.19. The Morgan fingerprint density at radius 3 is 2.85 bits per heavy atom. The first-order chi connectivity index (χ1) is 13.0. The number of hydrazine groups is 1. The Morgan fingerprint density at radius 1 is 1.30 bits per heavy atom. The zero-order valence-corrected chi connectivity index (χ0v) is 16.2. The van der Waals surface area contributed by atoms with Crippen LogP contribution in [0, 0.1) is 5.92 Å². The van der Waals surface area contributed by atoms with Gasteiger partial charge in [0, 0.05) is 26.5 Å². The SMILES string of the molecule is CN1NC(C(=O)NC2CCC(CCOC3CCCC(F)C3)CN2)CCC1=O. The molecule has 3 rings (SSSR count). The second-order valence-electron chi connectivity index (χ2n) is 8.13. The van der Waals surface area contributed by atoms with Crippen molar-refractivity contribution in [3.05, 3.63) is 0 Å². The fraction of sp³-hybridized carbons (Fsp3) is 0.895. The molecule has 0 aromatic heterocycles. The molecule has 3 aliphatic rings. The molecule has 1 aliphatic carbocycles. The Balaban J connectivity index is 1.29. The average Bonchev–Trinajstić information content (AvgIpc) is 2.65. The highest BCUT2D eigenvalue weighted by molar-refractivity contribution is 5.85. The van der Waals surface area contributed by atoms with E-state index < -0.39 is 6.17 Å². The number of amides is 2. The number of alkyl halides is 1. The van der Waals surface area contributed by atoms with Gasteiger partial charge < -0.3 is 10.1 Å². The number of carbonyl (C=O) groups excluding carboxylic acids is 2. The van der Waals surface area contributed by atoms with Gasteiger partial charge in [0.15, 0.2) is 0 Å². The first-order valence-electron chi connectivity index (χ1n) is 10.3. The van der Waals surface area contributed by atoms with Crippen LogP contribution < -0.4 is 16.1 Å². The smallest absolute Gasteiger partial charge is 0.240 e. The maximum absolute atomic E-state index is 13.4. The molecule has 0 aromatic carbocycles. The van der Waals surface area contributed by atoms with Crippen LogP contribution in [-0.2, 0) is 14.3 Å². The largest absolute Gasteiger partial charge is 0.378 e. The van der Waals surface area contributed by atoms with Crippen molar-refractivity contribution in [1.29, 1.82) is 0 Å². The number of nitrogens with zero attached hydrogens (tertiary/aromatic N) is 1. The molecule has 154 valence electrons. The summed E-state index contributed by atoms with van der Waals surface area (Å²) in [4.78, 5) is 23.9. The normalized spacial score (nSPS) is 35.1. The minimum absolute atomic E-state index is 0.00941. The van der Waals surface area contributed by atoms with Crippen molar-refractivity contribution in [2.24, 2.45) is 5.92 Å². The van der Waals surface area contributed by atoms with Gasteiger partial charge >= 0.3 is 0 Å². The number of carbonyl (C=O) groups is 2. The number of hydrogen-bond donors (Lipinski definition) is 3. The summed E-state index contributed by atoms with van der Waals surface area (Å²) in [7, 11) is 1.65. The molecule has 0 aromatic rings. The monoisotopic (exact) mass is 384 g/mol. The van der Waals surface area contributed by atoms with Gasteiger partial charge in [-0.15, -0.1) is 0 Å². The molecule has 2 heterocycles. The summed E-state index contributed by atoms with van der Waals surface area (Å²) in [6.07, 6.45) is 6.33. The lowest BCUT2D eigenvalue weighted by Gasteiger charge is -2.34. The van der Waals surface area contributed by atoms with Crippen LogP contribution in [0.1, 0.15) is 57.8 Å². The van der Waals surface area contributed by atoms with Crippen molar-refractivity contribution in [1.82, 2.24) is 21.1 Å². The molecule has 5 atom stereocenters. The lowest BCUT2D eigenvalue weighted by Crippen LogP contribution is -2.59. The van der Waals surface area contributed by atoms with Gasteiger partial charge in [-0.25, -0.2) is 9.82 Å². The molecular formula is C19H33FN4O3. The van der Waals surface area contributed by atoms with Crippen LogP contribution in [0.4, 0.5) is 4.39 Å². The standard InChI is InChI=1S/C19H33FN4O3/c1-24-18(25)8-6-16(23-24)19(26)22-17-7-5-13(12-21-17)9-10-27-15-4-2-3-14(20)11-15/h13-17,21,23H,2-12H2,1H3,(H,22,26). The fourth-order valence-corrected chi connectivity index (χ4v) is 4.19. The van der Waals surface area contributed by atoms with E-state index in [1.807, 2.05) is 0 Å². The quantitative estimate of drug-likeness (QED) is 0.642. The van der Waals surface area contributed by atoms with Crippen LogP contribution in [0.25, 0.3) is 0 Å². The van der Waals surface area contributed by atoms with Gasteiger partial charge in [0.25, 0.3) is 0 Å². The molecule has 27 heavy (non-hydrogen) atoms. The molecule has 2 amide bonds. The number of nitrogens with one attached hydrogen (secondary N) is 3. The molecule has 8 heteroatoms. The van der Waals surface area contributed by atoms with Gasteiger partial charge in [-0.05, 0) is 57.4 Å². The van der Waals surface area contributed by atoms with E-state index in [9.17, 15) is 14.0 Å². The Morgan fingerprint density at radius 2 is 2.15 bits per heavy atom. The topological polar surface area (TPSA) is 82.7 Å². The van der Waals surface area contributed by atoms with Gasteiger partial charge in [-0.3, -0.25) is 19.9 Å². The molecule has 5 unspecified atom stereocenters. The molecular weight excluding hydrogens is 351 g/mol. The van der Waals surface area contributed by atoms with Gasteiger partial charge in [-0.2, -0.15) is 0 Å². The summed E-state index contributed by atoms with van der Waals surface area (Å²) in [5.41, 5.74) is 2.93. The van der Waals surface area contributed by atoms with Crippen molar-refractivity contribution >= 4 is 11.8 Å². The number of rotatable bonds is 6. The summed E-state index contributed by atoms with van der Waals surface area (Å²) < 4.78 is 19.3. The highest BCUT2D eigenvalue weighted by Gasteiger charge is 2.30. The zero-order valence-electron chi connectivity index (χ0n) is 16.2. The number of halogens is 1. The van der Waals surface area contributed by atoms with Gasteiger partial charge in [0.1, 0.15) is 12.2 Å². The highest BCUT2D eigenvalue weighted by Crippen LogP contribution is 2.24. The molecule has 7 nitrogen and oxygen atoms in total. The molecule has 0 radical (unpaired) electrons. The van der Waals surface area contributed by atoms with Crippen LogP contribution in [0.5, 0.6) is 0 Å². The van der Waals surface area contributed by atoms with E-state index in [0.717, 1.165) is 38.6 Å². The third-order valence-corrected chi connectivity index (χ3v) is 5.96. The summed E-state index contributed by atoms with van der Waals surface area (Å²) in [6, 6.07) is -0.351. The van der Waals surface area contributed by atoms with Gasteiger partial charge in [-0.1, -0.05) is 0 Å². The minimum Gasteiger partial charge on any atom is -0.378 e. The summed E-state index contributed by atoms with van der Waals surface area (Å²) in [5.74, 6) is 0.473. The second kappa shape index (κ2) is 9.80. The third-order valence-electron chi connectivity index (χ3n) is 5.96. The van der Waals surface area contributed by atoms with E-state index in [2.05, 4.69) is 16.1 Å². The number of piperidine rings is 1. The Labute approximate surface area is 160 Å². The van der Waals surface area contributed by atoms with Crippen LogP contribution in [0.2, 0.25) is 0 Å². The van der Waals surface area contributed by atoms with Crippen molar-refractivity contribution in [3.63, 3.8) is 0 Å². The molecule has 0 bridgehead atoms. The molecule has 0 spiro atoms. The summed E-state index contributed by atoms with van der Waals surface area (Å²) in [6.45, 7) is 1.54. The van der Waals surface area contributed by atoms with Gasteiger partial charge in [0.05, 0.1) is 12.3 Å². The first-order valence-corrected chi connectivity index (χ1v) is 10.3. The summed E-state index contributed by atoms with van der Waals surface area (Å²) in [5, 5.41) is 7.83. The van der Waals surface area contributed by atoms with E-state index >= 15 is 0 Å². The Hall–Kier alpha value is -1.25. The van der Waals surface area contributed by atoms with Crippen LogP contribution in [0.3, 0.4) is 0 Å². The summed E-state index contributed by atoms with van der Waals surface area (Å²) >= 11 is 0. The lowest BCUT2D eigenvalue weighted by molar-refractivity contribution is -0.140. The van der Waals surface area contributed by atoms with Crippen LogP contribution in [-0.4, -0.2) is 61.5 Å². The molecule has 1 saturated carbocycles.